The van der Waals surface area contributed by atoms with Crippen LogP contribution in [0.4, 0.5) is 5.69 Å². The van der Waals surface area contributed by atoms with Crippen molar-refractivity contribution in [1.82, 2.24) is 0 Å². The zero-order chi connectivity index (χ0) is 15.6. The number of ether oxygens (including phenoxy) is 1. The van der Waals surface area contributed by atoms with E-state index >= 15 is 0 Å². The number of anilines is 1. The zero-order valence-corrected chi connectivity index (χ0v) is 15.5. The number of hydrogen-bond donors (Lipinski definition) is 1. The number of methoxy groups -OCH3 is 1. The highest BCUT2D eigenvalue weighted by Crippen LogP contribution is 2.31. The van der Waals surface area contributed by atoms with Gasteiger partial charge in [0.25, 0.3) is 10.0 Å². The highest BCUT2D eigenvalue weighted by molar-refractivity contribution is 9.10. The molecule has 0 unspecified atom stereocenters. The molecule has 2 aromatic carbocycles. The second kappa shape index (κ2) is 6.56. The third-order valence-electron chi connectivity index (χ3n) is 2.61. The van der Waals surface area contributed by atoms with Gasteiger partial charge < -0.3 is 4.74 Å². The van der Waals surface area contributed by atoms with Crippen LogP contribution < -0.4 is 9.46 Å². The first-order valence-corrected chi connectivity index (χ1v) is 9.09. The molecular formula is C13H10Br2ClNO3S. The Bertz CT molecular complexity index is 781. The van der Waals surface area contributed by atoms with Gasteiger partial charge in [0.2, 0.25) is 0 Å². The Balaban J connectivity index is 2.38. The van der Waals surface area contributed by atoms with Gasteiger partial charge in [0.1, 0.15) is 5.75 Å². The molecule has 0 fully saturated rings. The van der Waals surface area contributed by atoms with E-state index in [-0.39, 0.29) is 4.90 Å². The molecule has 0 heterocycles. The van der Waals surface area contributed by atoms with Crippen LogP contribution >= 0.6 is 43.5 Å². The zero-order valence-electron chi connectivity index (χ0n) is 10.7. The molecule has 0 radical (unpaired) electrons. The summed E-state index contributed by atoms with van der Waals surface area (Å²) in [5, 5.41) is 0.314. The van der Waals surface area contributed by atoms with Crippen molar-refractivity contribution in [1.29, 1.82) is 0 Å². The molecule has 8 heteroatoms. The lowest BCUT2D eigenvalue weighted by Gasteiger charge is -2.11. The van der Waals surface area contributed by atoms with E-state index in [4.69, 9.17) is 16.3 Å². The summed E-state index contributed by atoms with van der Waals surface area (Å²) in [6, 6.07) is 9.42. The van der Waals surface area contributed by atoms with Gasteiger partial charge in [0.15, 0.2) is 0 Å². The first kappa shape index (κ1) is 16.6. The fourth-order valence-electron chi connectivity index (χ4n) is 1.59. The van der Waals surface area contributed by atoms with E-state index in [0.717, 1.165) is 4.47 Å². The lowest BCUT2D eigenvalue weighted by molar-refractivity contribution is 0.411. The molecule has 0 aliphatic heterocycles. The van der Waals surface area contributed by atoms with Crippen LogP contribution in [0, 0.1) is 0 Å². The van der Waals surface area contributed by atoms with Gasteiger partial charge in [-0.05, 0) is 52.3 Å². The number of rotatable bonds is 4. The maximum absolute atomic E-state index is 12.4. The summed E-state index contributed by atoms with van der Waals surface area (Å²) < 4.78 is 33.5. The van der Waals surface area contributed by atoms with Crippen LogP contribution in [0.3, 0.4) is 0 Å². The molecule has 2 aromatic rings. The van der Waals surface area contributed by atoms with E-state index in [2.05, 4.69) is 36.6 Å². The Labute approximate surface area is 144 Å². The smallest absolute Gasteiger partial charge is 0.261 e. The standard InChI is InChI=1S/C13H10Br2ClNO3S/c1-20-13-5-3-9(7-10(13)15)21(18,19)17-12-6-8(14)2-4-11(12)16/h2-7,17H,1H3. The van der Waals surface area contributed by atoms with Crippen molar-refractivity contribution in [2.45, 2.75) is 4.90 Å². The molecule has 2 rings (SSSR count). The maximum Gasteiger partial charge on any atom is 0.261 e. The van der Waals surface area contributed by atoms with Gasteiger partial charge in [-0.3, -0.25) is 4.72 Å². The van der Waals surface area contributed by atoms with Crippen LogP contribution in [0.1, 0.15) is 0 Å². The molecule has 0 saturated heterocycles. The average molecular weight is 456 g/mol. The Morgan fingerprint density at radius 2 is 1.86 bits per heavy atom. The van der Waals surface area contributed by atoms with Crippen LogP contribution in [-0.4, -0.2) is 15.5 Å². The molecule has 0 aliphatic carbocycles. The van der Waals surface area contributed by atoms with E-state index in [9.17, 15) is 8.42 Å². The molecular weight excluding hydrogens is 445 g/mol. The molecule has 0 amide bonds. The molecule has 0 saturated carbocycles. The molecule has 0 spiro atoms. The SMILES string of the molecule is COc1ccc(S(=O)(=O)Nc2cc(Br)ccc2Cl)cc1Br. The Hall–Kier alpha value is -0.760. The van der Waals surface area contributed by atoms with Crippen molar-refractivity contribution in [2.24, 2.45) is 0 Å². The lowest BCUT2D eigenvalue weighted by atomic mass is 10.3. The quantitative estimate of drug-likeness (QED) is 0.729. The highest BCUT2D eigenvalue weighted by Gasteiger charge is 2.17. The summed E-state index contributed by atoms with van der Waals surface area (Å²) in [7, 11) is -2.23. The second-order valence-electron chi connectivity index (χ2n) is 4.03. The van der Waals surface area contributed by atoms with E-state index in [1.807, 2.05) is 0 Å². The molecule has 0 aliphatic rings. The number of benzene rings is 2. The number of sulfonamides is 1. The van der Waals surface area contributed by atoms with Crippen LogP contribution in [0.25, 0.3) is 0 Å². The number of hydrogen-bond acceptors (Lipinski definition) is 3. The van der Waals surface area contributed by atoms with Crippen LogP contribution in [0.2, 0.25) is 5.02 Å². The van der Waals surface area contributed by atoms with Crippen LogP contribution in [-0.2, 0) is 10.0 Å². The van der Waals surface area contributed by atoms with Gasteiger partial charge in [-0.15, -0.1) is 0 Å². The van der Waals surface area contributed by atoms with Crippen molar-refractivity contribution in [2.75, 3.05) is 11.8 Å². The van der Waals surface area contributed by atoms with Crippen molar-refractivity contribution >= 4 is 59.2 Å². The lowest BCUT2D eigenvalue weighted by Crippen LogP contribution is -2.13. The van der Waals surface area contributed by atoms with Crippen molar-refractivity contribution < 1.29 is 13.2 Å². The van der Waals surface area contributed by atoms with Crippen LogP contribution in [0.15, 0.2) is 50.2 Å². The Morgan fingerprint density at radius 3 is 2.48 bits per heavy atom. The maximum atomic E-state index is 12.4. The van der Waals surface area contributed by atoms with E-state index < -0.39 is 10.0 Å². The van der Waals surface area contributed by atoms with E-state index in [0.29, 0.717) is 20.9 Å². The highest BCUT2D eigenvalue weighted by atomic mass is 79.9. The van der Waals surface area contributed by atoms with E-state index in [1.165, 1.54) is 19.2 Å². The third-order valence-corrected chi connectivity index (χ3v) is 5.41. The molecule has 0 aromatic heterocycles. The predicted octanol–water partition coefficient (Wildman–Crippen LogP) is 4.67. The fraction of sp³-hybridized carbons (Fsp3) is 0.0769. The van der Waals surface area contributed by atoms with Crippen molar-refractivity contribution in [3.05, 3.63) is 50.4 Å². The largest absolute Gasteiger partial charge is 0.496 e. The van der Waals surface area contributed by atoms with Crippen LogP contribution in [0.5, 0.6) is 5.75 Å². The molecule has 4 nitrogen and oxygen atoms in total. The summed E-state index contributed by atoms with van der Waals surface area (Å²) in [5.41, 5.74) is 0.304. The first-order chi connectivity index (χ1) is 9.83. The van der Waals surface area contributed by atoms with Crippen molar-refractivity contribution in [3.8, 4) is 5.75 Å². The molecule has 0 bridgehead atoms. The Kier molecular flexibility index (Phi) is 5.19. The molecule has 112 valence electrons. The fourth-order valence-corrected chi connectivity index (χ4v) is 3.96. The summed E-state index contributed by atoms with van der Waals surface area (Å²) in [6.45, 7) is 0. The van der Waals surface area contributed by atoms with Gasteiger partial charge in [-0.25, -0.2) is 8.42 Å². The second-order valence-corrected chi connectivity index (χ2v) is 7.89. The molecule has 1 N–H and O–H groups in total. The van der Waals surface area contributed by atoms with E-state index in [1.54, 1.807) is 24.3 Å². The van der Waals surface area contributed by atoms with Gasteiger partial charge in [0.05, 0.1) is 27.2 Å². The minimum atomic E-state index is -3.74. The minimum Gasteiger partial charge on any atom is -0.496 e. The predicted molar refractivity (Wildman–Crippen MR) is 90.7 cm³/mol. The van der Waals surface area contributed by atoms with Gasteiger partial charge in [-0.1, -0.05) is 27.5 Å². The molecule has 0 atom stereocenters. The first-order valence-electron chi connectivity index (χ1n) is 5.65. The average Bonchev–Trinajstić information content (AvgIpc) is 2.42. The van der Waals surface area contributed by atoms with Crippen molar-refractivity contribution in [3.63, 3.8) is 0 Å². The summed E-state index contributed by atoms with van der Waals surface area (Å²) in [6.07, 6.45) is 0. The summed E-state index contributed by atoms with van der Waals surface area (Å²) >= 11 is 12.5. The topological polar surface area (TPSA) is 55.4 Å². The normalized spacial score (nSPS) is 11.2. The van der Waals surface area contributed by atoms with Gasteiger partial charge >= 0.3 is 0 Å². The number of halogens is 3. The summed E-state index contributed by atoms with van der Waals surface area (Å²) in [4.78, 5) is 0.103. The Morgan fingerprint density at radius 1 is 1.14 bits per heavy atom. The van der Waals surface area contributed by atoms with Gasteiger partial charge in [-0.2, -0.15) is 0 Å². The molecule has 21 heavy (non-hydrogen) atoms. The van der Waals surface area contributed by atoms with Gasteiger partial charge in [0, 0.05) is 4.47 Å². The summed E-state index contributed by atoms with van der Waals surface area (Å²) in [5.74, 6) is 0.550. The monoisotopic (exact) mass is 453 g/mol. The third kappa shape index (κ3) is 3.91. The number of nitrogens with one attached hydrogen (secondary N) is 1. The minimum absolute atomic E-state index is 0.103.